The second kappa shape index (κ2) is 5.33. The lowest BCUT2D eigenvalue weighted by Crippen LogP contribution is -2.29. The van der Waals surface area contributed by atoms with E-state index in [1.165, 1.54) is 30.4 Å². The Morgan fingerprint density at radius 3 is 2.44 bits per heavy atom. The monoisotopic (exact) mass is 243 g/mol. The molecule has 16 heavy (non-hydrogen) atoms. The molecule has 2 nitrogen and oxygen atoms in total. The van der Waals surface area contributed by atoms with Gasteiger partial charge in [0.1, 0.15) is 0 Å². The molecule has 0 heterocycles. The van der Waals surface area contributed by atoms with Crippen molar-refractivity contribution in [3.05, 3.63) is 11.1 Å². The molecule has 0 fully saturated rings. The molecule has 92 valence electrons. The largest absolute Gasteiger partial charge is 0.309 e. The lowest BCUT2D eigenvalue weighted by molar-refractivity contribution is -0.119. The summed E-state index contributed by atoms with van der Waals surface area (Å²) in [5.41, 5.74) is 2.68. The first kappa shape index (κ1) is 13.7. The topological polar surface area (TPSA) is 20.3 Å². The van der Waals surface area contributed by atoms with E-state index >= 15 is 0 Å². The number of rotatable bonds is 2. The number of carbonyl (C=O) groups excluding carboxylic acids is 1. The van der Waals surface area contributed by atoms with Crippen molar-refractivity contribution in [1.82, 2.24) is 4.90 Å². The highest BCUT2D eigenvalue weighted by Crippen LogP contribution is 2.42. The molecule has 0 radical (unpaired) electrons. The quantitative estimate of drug-likeness (QED) is 0.743. The zero-order valence-electron chi connectivity index (χ0n) is 10.5. The lowest BCUT2D eigenvalue weighted by Gasteiger charge is -2.21. The van der Waals surface area contributed by atoms with Crippen molar-refractivity contribution in [1.29, 1.82) is 0 Å². The SMILES string of the molecule is CC1C2=C(CCCC2)C(=O)C1CN(C)C.Cl. The van der Waals surface area contributed by atoms with Crippen LogP contribution in [0.25, 0.3) is 0 Å². The van der Waals surface area contributed by atoms with Gasteiger partial charge in [0.2, 0.25) is 0 Å². The van der Waals surface area contributed by atoms with Crippen LogP contribution >= 0.6 is 12.4 Å². The highest BCUT2D eigenvalue weighted by Gasteiger charge is 2.39. The third-order valence-corrected chi connectivity index (χ3v) is 3.86. The molecule has 0 bridgehead atoms. The molecule has 0 aromatic carbocycles. The summed E-state index contributed by atoms with van der Waals surface area (Å²) in [7, 11) is 4.11. The second-order valence-corrected chi connectivity index (χ2v) is 5.23. The van der Waals surface area contributed by atoms with Gasteiger partial charge in [-0.25, -0.2) is 0 Å². The van der Waals surface area contributed by atoms with Crippen molar-refractivity contribution in [2.24, 2.45) is 11.8 Å². The average molecular weight is 244 g/mol. The molecule has 0 saturated heterocycles. The van der Waals surface area contributed by atoms with Crippen molar-refractivity contribution in [3.63, 3.8) is 0 Å². The first-order valence-electron chi connectivity index (χ1n) is 6.02. The number of hydrogen-bond donors (Lipinski definition) is 0. The summed E-state index contributed by atoms with van der Waals surface area (Å²) in [6, 6.07) is 0. The van der Waals surface area contributed by atoms with Crippen LogP contribution in [0.2, 0.25) is 0 Å². The molecule has 2 aliphatic rings. The smallest absolute Gasteiger partial charge is 0.163 e. The normalized spacial score (nSPS) is 29.4. The van der Waals surface area contributed by atoms with Gasteiger partial charge in [-0.2, -0.15) is 0 Å². The Kier molecular flexibility index (Phi) is 4.57. The minimum atomic E-state index is 0. The van der Waals surface area contributed by atoms with E-state index in [1.807, 2.05) is 0 Å². The Labute approximate surface area is 104 Å². The summed E-state index contributed by atoms with van der Waals surface area (Å²) in [6.45, 7) is 3.15. The van der Waals surface area contributed by atoms with Gasteiger partial charge >= 0.3 is 0 Å². The first-order chi connectivity index (χ1) is 7.11. The van der Waals surface area contributed by atoms with Gasteiger partial charge in [0, 0.05) is 12.5 Å². The van der Waals surface area contributed by atoms with E-state index in [0.717, 1.165) is 13.0 Å². The zero-order valence-corrected chi connectivity index (χ0v) is 11.3. The van der Waals surface area contributed by atoms with E-state index in [2.05, 4.69) is 25.9 Å². The lowest BCUT2D eigenvalue weighted by atomic mass is 9.88. The summed E-state index contributed by atoms with van der Waals surface area (Å²) in [5.74, 6) is 1.18. The van der Waals surface area contributed by atoms with Crippen molar-refractivity contribution >= 4 is 18.2 Å². The summed E-state index contributed by atoms with van der Waals surface area (Å²) < 4.78 is 0. The van der Waals surface area contributed by atoms with Crippen LogP contribution in [0.15, 0.2) is 11.1 Å². The molecule has 3 heteroatoms. The molecule has 2 rings (SSSR count). The molecule has 2 unspecified atom stereocenters. The molecule has 2 aliphatic carbocycles. The van der Waals surface area contributed by atoms with E-state index in [1.54, 1.807) is 0 Å². The van der Waals surface area contributed by atoms with Crippen molar-refractivity contribution < 1.29 is 4.79 Å². The molecule has 0 aromatic heterocycles. The van der Waals surface area contributed by atoms with E-state index in [4.69, 9.17) is 0 Å². The predicted octanol–water partition coefficient (Wildman–Crippen LogP) is 2.68. The third kappa shape index (κ3) is 2.33. The predicted molar refractivity (Wildman–Crippen MR) is 69.0 cm³/mol. The Hall–Kier alpha value is -0.340. The van der Waals surface area contributed by atoms with Crippen LogP contribution in [-0.4, -0.2) is 31.3 Å². The fourth-order valence-electron chi connectivity index (χ4n) is 3.04. The van der Waals surface area contributed by atoms with Gasteiger partial charge in [0.25, 0.3) is 0 Å². The summed E-state index contributed by atoms with van der Waals surface area (Å²) in [4.78, 5) is 14.3. The maximum atomic E-state index is 12.2. The maximum Gasteiger partial charge on any atom is 0.163 e. The first-order valence-corrected chi connectivity index (χ1v) is 6.02. The minimum absolute atomic E-state index is 0. The van der Waals surface area contributed by atoms with Crippen LogP contribution in [0.4, 0.5) is 0 Å². The fraction of sp³-hybridized carbons (Fsp3) is 0.769. The van der Waals surface area contributed by atoms with E-state index in [9.17, 15) is 4.79 Å². The minimum Gasteiger partial charge on any atom is -0.309 e. The summed E-state index contributed by atoms with van der Waals surface area (Å²) in [5, 5.41) is 0. The number of allylic oxidation sites excluding steroid dienone is 2. The molecular formula is C13H22ClNO. The van der Waals surface area contributed by atoms with Crippen LogP contribution in [0, 0.1) is 11.8 Å². The molecule has 0 amide bonds. The Morgan fingerprint density at radius 2 is 1.88 bits per heavy atom. The molecule has 0 spiro atoms. The van der Waals surface area contributed by atoms with Gasteiger partial charge in [-0.15, -0.1) is 12.4 Å². The molecule has 0 aliphatic heterocycles. The number of ketones is 1. The molecule has 0 saturated carbocycles. The van der Waals surface area contributed by atoms with Gasteiger partial charge in [-0.1, -0.05) is 12.5 Å². The van der Waals surface area contributed by atoms with Crippen LogP contribution < -0.4 is 0 Å². The van der Waals surface area contributed by atoms with Gasteiger partial charge in [-0.05, 0) is 51.3 Å². The van der Waals surface area contributed by atoms with Crippen LogP contribution in [0.3, 0.4) is 0 Å². The van der Waals surface area contributed by atoms with Crippen molar-refractivity contribution in [2.75, 3.05) is 20.6 Å². The molecule has 0 aromatic rings. The standard InChI is InChI=1S/C13H21NO.ClH/c1-9-10-6-4-5-7-11(10)13(15)12(9)8-14(2)3;/h9,12H,4-8H2,1-3H3;1H. The maximum absolute atomic E-state index is 12.2. The highest BCUT2D eigenvalue weighted by atomic mass is 35.5. The molecule has 2 atom stereocenters. The van der Waals surface area contributed by atoms with Gasteiger partial charge in [0.15, 0.2) is 5.78 Å². The van der Waals surface area contributed by atoms with E-state index in [-0.39, 0.29) is 18.3 Å². The number of carbonyl (C=O) groups is 1. The van der Waals surface area contributed by atoms with Gasteiger partial charge in [-0.3, -0.25) is 4.79 Å². The number of nitrogens with zero attached hydrogens (tertiary/aromatic N) is 1. The summed E-state index contributed by atoms with van der Waals surface area (Å²) in [6.07, 6.45) is 4.71. The Balaban J connectivity index is 0.00000128. The van der Waals surface area contributed by atoms with Gasteiger partial charge in [0.05, 0.1) is 0 Å². The third-order valence-electron chi connectivity index (χ3n) is 3.86. The Morgan fingerprint density at radius 1 is 1.25 bits per heavy atom. The average Bonchev–Trinajstić information content (AvgIpc) is 2.44. The van der Waals surface area contributed by atoms with Crippen molar-refractivity contribution in [3.8, 4) is 0 Å². The molecule has 0 N–H and O–H groups in total. The number of halogens is 1. The molecular weight excluding hydrogens is 222 g/mol. The highest BCUT2D eigenvalue weighted by molar-refractivity contribution is 6.01. The van der Waals surface area contributed by atoms with Crippen LogP contribution in [-0.2, 0) is 4.79 Å². The fourth-order valence-corrected chi connectivity index (χ4v) is 3.04. The van der Waals surface area contributed by atoms with Crippen molar-refractivity contribution in [2.45, 2.75) is 32.6 Å². The zero-order chi connectivity index (χ0) is 11.0. The van der Waals surface area contributed by atoms with Crippen LogP contribution in [0.1, 0.15) is 32.6 Å². The van der Waals surface area contributed by atoms with E-state index in [0.29, 0.717) is 11.7 Å². The van der Waals surface area contributed by atoms with E-state index < -0.39 is 0 Å². The van der Waals surface area contributed by atoms with Crippen LogP contribution in [0.5, 0.6) is 0 Å². The number of hydrogen-bond acceptors (Lipinski definition) is 2. The van der Waals surface area contributed by atoms with Gasteiger partial charge < -0.3 is 4.90 Å². The second-order valence-electron chi connectivity index (χ2n) is 5.23. The number of Topliss-reactive ketones (excluding diaryl/α,β-unsaturated/α-hetero) is 1. The Bertz CT molecular complexity index is 309. The summed E-state index contributed by atoms with van der Waals surface area (Å²) >= 11 is 0.